The van der Waals surface area contributed by atoms with Gasteiger partial charge in [-0.2, -0.15) is 0 Å². The van der Waals surface area contributed by atoms with Crippen molar-refractivity contribution in [1.29, 1.82) is 0 Å². The highest BCUT2D eigenvalue weighted by Crippen LogP contribution is 2.04. The van der Waals surface area contributed by atoms with Crippen LogP contribution in [0.1, 0.15) is 52.9 Å². The number of unbranched alkanes of at least 4 members (excludes halogenated alkanes) is 4. The minimum atomic E-state index is 1.20. The van der Waals surface area contributed by atoms with Crippen LogP contribution in [-0.2, 0) is 0 Å². The molecule has 0 fully saturated rings. The van der Waals surface area contributed by atoms with E-state index in [1.54, 1.807) is 0 Å². The average Bonchev–Trinajstić information content (AvgIpc) is 2.22. The van der Waals surface area contributed by atoms with Gasteiger partial charge in [-0.15, -0.1) is 0 Å². The standard InChI is InChI=1S/C13H27N/c1-4-7-8-9-10-11-12-13-14(5-2)6-3/h4,7H,5-6,8-13H2,1-3H3. The molecule has 0 aliphatic heterocycles. The molecule has 0 bridgehead atoms. The van der Waals surface area contributed by atoms with Gasteiger partial charge in [0.25, 0.3) is 0 Å². The third-order valence-electron chi connectivity index (χ3n) is 2.73. The first-order valence-corrected chi connectivity index (χ1v) is 6.18. The van der Waals surface area contributed by atoms with Crippen molar-refractivity contribution in [2.24, 2.45) is 0 Å². The Morgan fingerprint density at radius 1 is 0.929 bits per heavy atom. The lowest BCUT2D eigenvalue weighted by atomic mass is 10.1. The second kappa shape index (κ2) is 10.8. The highest BCUT2D eigenvalue weighted by atomic mass is 15.1. The van der Waals surface area contributed by atoms with Gasteiger partial charge in [-0.25, -0.2) is 0 Å². The Kier molecular flexibility index (Phi) is 10.5. The van der Waals surface area contributed by atoms with Gasteiger partial charge in [0.1, 0.15) is 0 Å². The quantitative estimate of drug-likeness (QED) is 0.401. The van der Waals surface area contributed by atoms with E-state index < -0.39 is 0 Å². The van der Waals surface area contributed by atoms with E-state index in [4.69, 9.17) is 0 Å². The topological polar surface area (TPSA) is 3.24 Å². The Balaban J connectivity index is 3.12. The molecule has 0 heterocycles. The summed E-state index contributed by atoms with van der Waals surface area (Å²) in [7, 11) is 0. The highest BCUT2D eigenvalue weighted by Gasteiger charge is 1.97. The zero-order chi connectivity index (χ0) is 10.6. The molecule has 0 atom stereocenters. The van der Waals surface area contributed by atoms with Crippen molar-refractivity contribution < 1.29 is 0 Å². The maximum atomic E-state index is 2.51. The summed E-state index contributed by atoms with van der Waals surface area (Å²) in [6, 6.07) is 0. The Labute approximate surface area is 90.2 Å². The van der Waals surface area contributed by atoms with Gasteiger partial charge in [0, 0.05) is 0 Å². The van der Waals surface area contributed by atoms with Crippen LogP contribution in [0.5, 0.6) is 0 Å². The molecule has 0 saturated heterocycles. The van der Waals surface area contributed by atoms with Gasteiger partial charge in [0.2, 0.25) is 0 Å². The molecule has 0 aromatic carbocycles. The molecule has 0 aromatic rings. The summed E-state index contributed by atoms with van der Waals surface area (Å²) in [5.74, 6) is 0. The van der Waals surface area contributed by atoms with Crippen LogP contribution < -0.4 is 0 Å². The fourth-order valence-corrected chi connectivity index (χ4v) is 1.66. The van der Waals surface area contributed by atoms with Gasteiger partial charge in [-0.1, -0.05) is 38.8 Å². The summed E-state index contributed by atoms with van der Waals surface area (Å²) in [4.78, 5) is 2.51. The summed E-state index contributed by atoms with van der Waals surface area (Å²) in [6.45, 7) is 10.3. The van der Waals surface area contributed by atoms with Crippen LogP contribution in [0.25, 0.3) is 0 Å². The summed E-state index contributed by atoms with van der Waals surface area (Å²) in [6.07, 6.45) is 11.2. The van der Waals surface area contributed by atoms with E-state index >= 15 is 0 Å². The molecule has 0 aliphatic rings. The predicted molar refractivity (Wildman–Crippen MR) is 65.7 cm³/mol. The van der Waals surface area contributed by atoms with E-state index in [0.29, 0.717) is 0 Å². The number of hydrogen-bond donors (Lipinski definition) is 0. The average molecular weight is 197 g/mol. The fraction of sp³-hybridized carbons (Fsp3) is 0.846. The Hall–Kier alpha value is -0.300. The van der Waals surface area contributed by atoms with Crippen LogP contribution >= 0.6 is 0 Å². The third kappa shape index (κ3) is 8.31. The fourth-order valence-electron chi connectivity index (χ4n) is 1.66. The Morgan fingerprint density at radius 2 is 1.57 bits per heavy atom. The molecule has 0 N–H and O–H groups in total. The van der Waals surface area contributed by atoms with Crippen LogP contribution in [0.4, 0.5) is 0 Å². The van der Waals surface area contributed by atoms with Gasteiger partial charge in [-0.3, -0.25) is 0 Å². The van der Waals surface area contributed by atoms with Crippen molar-refractivity contribution in [3.8, 4) is 0 Å². The summed E-state index contributed by atoms with van der Waals surface area (Å²) in [5.41, 5.74) is 0. The second-order valence-electron chi connectivity index (χ2n) is 3.80. The monoisotopic (exact) mass is 197 g/mol. The van der Waals surface area contributed by atoms with Crippen molar-refractivity contribution in [1.82, 2.24) is 4.90 Å². The lowest BCUT2D eigenvalue weighted by Crippen LogP contribution is -2.23. The smallest absolute Gasteiger partial charge is 0.00190 e. The number of rotatable bonds is 9. The van der Waals surface area contributed by atoms with Crippen molar-refractivity contribution in [3.05, 3.63) is 12.2 Å². The molecule has 0 saturated carbocycles. The normalized spacial score (nSPS) is 11.7. The SMILES string of the molecule is CC=CCCCCCCN(CC)CC. The first-order chi connectivity index (χ1) is 6.85. The molecule has 0 rings (SSSR count). The van der Waals surface area contributed by atoms with Crippen molar-refractivity contribution >= 4 is 0 Å². The van der Waals surface area contributed by atoms with Crippen LogP contribution in [-0.4, -0.2) is 24.5 Å². The van der Waals surface area contributed by atoms with Gasteiger partial charge < -0.3 is 4.90 Å². The molecule has 1 heteroatoms. The molecule has 0 unspecified atom stereocenters. The van der Waals surface area contributed by atoms with Gasteiger partial charge in [0.05, 0.1) is 0 Å². The molecule has 0 radical (unpaired) electrons. The second-order valence-corrected chi connectivity index (χ2v) is 3.80. The zero-order valence-corrected chi connectivity index (χ0v) is 10.3. The number of hydrogen-bond acceptors (Lipinski definition) is 1. The molecule has 1 nitrogen and oxygen atoms in total. The van der Waals surface area contributed by atoms with E-state index in [9.17, 15) is 0 Å². The largest absolute Gasteiger partial charge is 0.304 e. The zero-order valence-electron chi connectivity index (χ0n) is 10.3. The molecular formula is C13H27N. The molecule has 0 aromatic heterocycles. The van der Waals surface area contributed by atoms with Crippen LogP contribution in [0.3, 0.4) is 0 Å². The molecular weight excluding hydrogens is 170 g/mol. The van der Waals surface area contributed by atoms with Crippen molar-refractivity contribution in [2.75, 3.05) is 19.6 Å². The van der Waals surface area contributed by atoms with Crippen LogP contribution in [0.2, 0.25) is 0 Å². The first-order valence-electron chi connectivity index (χ1n) is 6.18. The Morgan fingerprint density at radius 3 is 2.14 bits per heavy atom. The van der Waals surface area contributed by atoms with E-state index in [2.05, 4.69) is 37.8 Å². The van der Waals surface area contributed by atoms with Crippen molar-refractivity contribution in [2.45, 2.75) is 52.9 Å². The minimum Gasteiger partial charge on any atom is -0.304 e. The van der Waals surface area contributed by atoms with Crippen LogP contribution in [0.15, 0.2) is 12.2 Å². The molecule has 84 valence electrons. The summed E-state index contributed by atoms with van der Waals surface area (Å²) >= 11 is 0. The molecule has 0 aliphatic carbocycles. The maximum Gasteiger partial charge on any atom is -0.00190 e. The van der Waals surface area contributed by atoms with E-state index in [1.807, 2.05) is 0 Å². The van der Waals surface area contributed by atoms with E-state index in [0.717, 1.165) is 0 Å². The number of allylic oxidation sites excluding steroid dienone is 2. The van der Waals surface area contributed by atoms with Crippen molar-refractivity contribution in [3.63, 3.8) is 0 Å². The van der Waals surface area contributed by atoms with Gasteiger partial charge in [0.15, 0.2) is 0 Å². The first kappa shape index (κ1) is 13.7. The summed E-state index contributed by atoms with van der Waals surface area (Å²) in [5, 5.41) is 0. The van der Waals surface area contributed by atoms with E-state index in [1.165, 1.54) is 51.7 Å². The molecule has 0 amide bonds. The maximum absolute atomic E-state index is 2.51. The Bertz CT molecular complexity index is 125. The minimum absolute atomic E-state index is 1.20. The molecule has 0 spiro atoms. The van der Waals surface area contributed by atoms with Crippen LogP contribution in [0, 0.1) is 0 Å². The lowest BCUT2D eigenvalue weighted by Gasteiger charge is -2.17. The lowest BCUT2D eigenvalue weighted by molar-refractivity contribution is 0.295. The molecule has 14 heavy (non-hydrogen) atoms. The van der Waals surface area contributed by atoms with Gasteiger partial charge in [-0.05, 0) is 45.8 Å². The number of nitrogens with zero attached hydrogens (tertiary/aromatic N) is 1. The van der Waals surface area contributed by atoms with Gasteiger partial charge >= 0.3 is 0 Å². The predicted octanol–water partition coefficient (Wildman–Crippen LogP) is 3.85. The highest BCUT2D eigenvalue weighted by molar-refractivity contribution is 4.76. The third-order valence-corrected chi connectivity index (χ3v) is 2.73. The van der Waals surface area contributed by atoms with E-state index in [-0.39, 0.29) is 0 Å². The summed E-state index contributed by atoms with van der Waals surface area (Å²) < 4.78 is 0.